The Morgan fingerprint density at radius 1 is 0.750 bits per heavy atom. The van der Waals surface area contributed by atoms with E-state index in [1.165, 1.54) is 29.5 Å². The number of nitrogens with zero attached hydrogens (tertiary/aromatic N) is 7. The largest absolute Gasteiger partial charge is 0.477 e. The van der Waals surface area contributed by atoms with E-state index in [2.05, 4.69) is 25.0 Å². The van der Waals surface area contributed by atoms with Crippen LogP contribution in [0.15, 0.2) is 67.8 Å². The first-order valence-corrected chi connectivity index (χ1v) is 7.78. The summed E-state index contributed by atoms with van der Waals surface area (Å²) in [5.41, 5.74) is -0.0609. The first kappa shape index (κ1) is 18.4. The van der Waals surface area contributed by atoms with E-state index in [4.69, 9.17) is 10.2 Å². The molecule has 0 aromatic carbocycles. The van der Waals surface area contributed by atoms with Gasteiger partial charge in [0.05, 0.1) is 0 Å². The lowest BCUT2D eigenvalue weighted by Gasteiger charge is -2.00. The molecule has 0 aliphatic heterocycles. The van der Waals surface area contributed by atoms with E-state index in [9.17, 15) is 9.59 Å². The van der Waals surface area contributed by atoms with Crippen LogP contribution in [0.1, 0.15) is 21.0 Å². The summed E-state index contributed by atoms with van der Waals surface area (Å²) in [7, 11) is 0. The second kappa shape index (κ2) is 8.31. The highest BCUT2D eigenvalue weighted by Gasteiger charge is 2.07. The zero-order valence-electron chi connectivity index (χ0n) is 14.2. The van der Waals surface area contributed by atoms with E-state index >= 15 is 0 Å². The third-order valence-corrected chi connectivity index (χ3v) is 3.35. The van der Waals surface area contributed by atoms with Crippen molar-refractivity contribution in [2.45, 2.75) is 0 Å². The third kappa shape index (κ3) is 4.40. The van der Waals surface area contributed by atoms with Gasteiger partial charge in [-0.1, -0.05) is 0 Å². The molecule has 0 aliphatic rings. The Morgan fingerprint density at radius 2 is 1.32 bits per heavy atom. The van der Waals surface area contributed by atoms with Crippen molar-refractivity contribution in [3.05, 3.63) is 79.2 Å². The molecule has 11 heteroatoms. The van der Waals surface area contributed by atoms with E-state index in [1.54, 1.807) is 35.4 Å². The van der Waals surface area contributed by atoms with Gasteiger partial charge >= 0.3 is 11.9 Å². The Labute approximate surface area is 157 Å². The highest BCUT2D eigenvalue weighted by Crippen LogP contribution is 2.05. The maximum atomic E-state index is 10.6. The van der Waals surface area contributed by atoms with Crippen molar-refractivity contribution in [2.75, 3.05) is 0 Å². The second-order valence-electron chi connectivity index (χ2n) is 5.17. The van der Waals surface area contributed by atoms with Crippen molar-refractivity contribution >= 4 is 11.9 Å². The SMILES string of the molecule is O=C(O)c1cc(-n2cccc2)ncn1.O=C(O)c1cc(-n2cccn2)ncn1. The molecule has 4 rings (SSSR count). The number of hydrogen-bond acceptors (Lipinski definition) is 7. The number of carboxylic acid groups (broad SMARTS) is 2. The smallest absolute Gasteiger partial charge is 0.354 e. The molecule has 0 aliphatic carbocycles. The fourth-order valence-corrected chi connectivity index (χ4v) is 2.09. The molecule has 0 fully saturated rings. The van der Waals surface area contributed by atoms with Crippen LogP contribution in [0.2, 0.25) is 0 Å². The van der Waals surface area contributed by atoms with Gasteiger partial charge in [0.15, 0.2) is 17.2 Å². The van der Waals surface area contributed by atoms with Crippen molar-refractivity contribution < 1.29 is 19.8 Å². The molecule has 0 unspecified atom stereocenters. The first-order valence-electron chi connectivity index (χ1n) is 7.78. The Hall–Kier alpha value is -4.41. The van der Waals surface area contributed by atoms with Gasteiger partial charge in [0.25, 0.3) is 0 Å². The number of carboxylic acids is 2. The maximum absolute atomic E-state index is 10.6. The lowest BCUT2D eigenvalue weighted by Crippen LogP contribution is -2.05. The number of aromatic carboxylic acids is 2. The van der Waals surface area contributed by atoms with E-state index in [0.29, 0.717) is 11.6 Å². The summed E-state index contributed by atoms with van der Waals surface area (Å²) in [6.45, 7) is 0. The van der Waals surface area contributed by atoms with Gasteiger partial charge < -0.3 is 14.8 Å². The quantitative estimate of drug-likeness (QED) is 0.535. The summed E-state index contributed by atoms with van der Waals surface area (Å²) >= 11 is 0. The average molecular weight is 379 g/mol. The molecule has 4 aromatic heterocycles. The zero-order chi connectivity index (χ0) is 19.9. The fraction of sp³-hybridized carbons (Fsp3) is 0. The van der Waals surface area contributed by atoms with E-state index < -0.39 is 11.9 Å². The molecule has 28 heavy (non-hydrogen) atoms. The molecule has 2 N–H and O–H groups in total. The van der Waals surface area contributed by atoms with Crippen LogP contribution in [0.4, 0.5) is 0 Å². The summed E-state index contributed by atoms with van der Waals surface area (Å²) in [5.74, 6) is -1.16. The van der Waals surface area contributed by atoms with E-state index in [0.717, 1.165) is 0 Å². The lowest BCUT2D eigenvalue weighted by atomic mass is 10.4. The highest BCUT2D eigenvalue weighted by molar-refractivity contribution is 5.86. The van der Waals surface area contributed by atoms with Crippen LogP contribution in [-0.2, 0) is 0 Å². The number of carbonyl (C=O) groups is 2. The minimum Gasteiger partial charge on any atom is -0.477 e. The number of rotatable bonds is 4. The zero-order valence-corrected chi connectivity index (χ0v) is 14.2. The Kier molecular flexibility index (Phi) is 5.46. The van der Waals surface area contributed by atoms with Crippen molar-refractivity contribution in [1.82, 2.24) is 34.3 Å². The first-order chi connectivity index (χ1) is 13.5. The Bertz CT molecular complexity index is 991. The topological polar surface area (TPSA) is 149 Å². The van der Waals surface area contributed by atoms with Crippen molar-refractivity contribution in [2.24, 2.45) is 0 Å². The van der Waals surface area contributed by atoms with Crippen LogP contribution in [0, 0.1) is 0 Å². The van der Waals surface area contributed by atoms with E-state index in [-0.39, 0.29) is 11.4 Å². The molecule has 11 nitrogen and oxygen atoms in total. The van der Waals surface area contributed by atoms with Gasteiger partial charge in [-0.2, -0.15) is 5.10 Å². The van der Waals surface area contributed by atoms with Gasteiger partial charge in [-0.15, -0.1) is 0 Å². The van der Waals surface area contributed by atoms with Crippen LogP contribution in [-0.4, -0.2) is 56.4 Å². The average Bonchev–Trinajstić information content (AvgIpc) is 3.43. The molecule has 4 heterocycles. The summed E-state index contributed by atoms with van der Waals surface area (Å²) < 4.78 is 3.18. The van der Waals surface area contributed by atoms with E-state index in [1.807, 2.05) is 12.1 Å². The minimum absolute atomic E-state index is 0.0105. The predicted octanol–water partition coefficient (Wildman–Crippen LogP) is 1.33. The van der Waals surface area contributed by atoms with Crippen LogP contribution in [0.5, 0.6) is 0 Å². The highest BCUT2D eigenvalue weighted by atomic mass is 16.4. The van der Waals surface area contributed by atoms with Gasteiger partial charge in [0, 0.05) is 36.9 Å². The monoisotopic (exact) mass is 379 g/mol. The summed E-state index contributed by atoms with van der Waals surface area (Å²) in [6.07, 6.45) is 9.26. The minimum atomic E-state index is -1.08. The number of hydrogen-bond donors (Lipinski definition) is 2. The summed E-state index contributed by atoms with van der Waals surface area (Å²) in [6, 6.07) is 8.17. The molecule has 0 saturated carbocycles. The summed E-state index contributed by atoms with van der Waals surface area (Å²) in [5, 5.41) is 21.3. The molecule has 0 radical (unpaired) electrons. The molecule has 4 aromatic rings. The van der Waals surface area contributed by atoms with Crippen LogP contribution in [0.3, 0.4) is 0 Å². The maximum Gasteiger partial charge on any atom is 0.354 e. The second-order valence-corrected chi connectivity index (χ2v) is 5.17. The molecule has 0 amide bonds. The molecule has 0 bridgehead atoms. The standard InChI is InChI=1S/C9H7N3O2.C8H6N4O2/c13-9(14)7-5-8(11-6-10-7)12-3-1-2-4-12;13-8(14)6-4-7(10-5-9-6)12-3-1-2-11-12/h1-6H,(H,13,14);1-5H,(H,13,14). The molecule has 140 valence electrons. The lowest BCUT2D eigenvalue weighted by molar-refractivity contribution is 0.0679. The van der Waals surface area contributed by atoms with Crippen LogP contribution in [0.25, 0.3) is 11.6 Å². The van der Waals surface area contributed by atoms with Crippen LogP contribution < -0.4 is 0 Å². The fourth-order valence-electron chi connectivity index (χ4n) is 2.09. The van der Waals surface area contributed by atoms with Crippen molar-refractivity contribution in [1.29, 1.82) is 0 Å². The number of aromatic nitrogens is 7. The van der Waals surface area contributed by atoms with Gasteiger partial charge in [0.2, 0.25) is 0 Å². The molecular formula is C17H13N7O4. The Morgan fingerprint density at radius 3 is 1.86 bits per heavy atom. The van der Waals surface area contributed by atoms with Gasteiger partial charge in [-0.3, -0.25) is 0 Å². The normalized spacial score (nSPS) is 10.0. The Balaban J connectivity index is 0.000000161. The molecule has 0 atom stereocenters. The van der Waals surface area contributed by atoms with Crippen molar-refractivity contribution in [3.63, 3.8) is 0 Å². The van der Waals surface area contributed by atoms with Gasteiger partial charge in [-0.25, -0.2) is 34.2 Å². The van der Waals surface area contributed by atoms with Gasteiger partial charge in [-0.05, 0) is 18.2 Å². The summed E-state index contributed by atoms with van der Waals surface area (Å²) in [4.78, 5) is 36.3. The van der Waals surface area contributed by atoms with Crippen molar-refractivity contribution in [3.8, 4) is 11.6 Å². The third-order valence-electron chi connectivity index (χ3n) is 3.35. The van der Waals surface area contributed by atoms with Crippen LogP contribution >= 0.6 is 0 Å². The molecule has 0 spiro atoms. The molecule has 0 saturated heterocycles. The van der Waals surface area contributed by atoms with Gasteiger partial charge in [0.1, 0.15) is 18.5 Å². The molecular weight excluding hydrogens is 366 g/mol. The predicted molar refractivity (Wildman–Crippen MR) is 94.4 cm³/mol.